The second-order valence-corrected chi connectivity index (χ2v) is 6.96. The second kappa shape index (κ2) is 6.34. The molecule has 6 nitrogen and oxygen atoms in total. The Morgan fingerprint density at radius 3 is 2.75 bits per heavy atom. The molecule has 126 valence electrons. The zero-order valence-corrected chi connectivity index (χ0v) is 14.0. The lowest BCUT2D eigenvalue weighted by Crippen LogP contribution is -2.31. The summed E-state index contributed by atoms with van der Waals surface area (Å²) in [5, 5.41) is 7.60. The van der Waals surface area contributed by atoms with E-state index in [1.807, 2.05) is 29.9 Å². The van der Waals surface area contributed by atoms with Crippen molar-refractivity contribution in [1.29, 1.82) is 0 Å². The fourth-order valence-corrected chi connectivity index (χ4v) is 3.49. The molecule has 0 saturated heterocycles. The zero-order chi connectivity index (χ0) is 16.5. The average Bonchev–Trinajstić information content (AvgIpc) is 3.08. The van der Waals surface area contributed by atoms with Gasteiger partial charge in [0.15, 0.2) is 5.82 Å². The average molecular weight is 325 g/mol. The second-order valence-electron chi connectivity index (χ2n) is 6.96. The molecule has 0 unspecified atom stereocenters. The minimum absolute atomic E-state index is 0.117. The molecule has 2 heterocycles. The van der Waals surface area contributed by atoms with Crippen molar-refractivity contribution >= 4 is 5.91 Å². The van der Waals surface area contributed by atoms with E-state index in [0.29, 0.717) is 23.5 Å². The Balaban J connectivity index is 1.49. The topological polar surface area (TPSA) is 72.7 Å². The van der Waals surface area contributed by atoms with Gasteiger partial charge >= 0.3 is 0 Å². The van der Waals surface area contributed by atoms with Gasteiger partial charge in [-0.05, 0) is 50.7 Å². The summed E-state index contributed by atoms with van der Waals surface area (Å²) in [4.78, 5) is 21.5. The SMILES string of the molecule is Cc1ccnc([C@H](NC(=O)c2ccn(C3CCCC3)n2)C2CC2)n1. The molecular formula is C18H23N5O. The van der Waals surface area contributed by atoms with Gasteiger partial charge in [0, 0.05) is 18.1 Å². The van der Waals surface area contributed by atoms with Crippen LogP contribution in [0.3, 0.4) is 0 Å². The van der Waals surface area contributed by atoms with Crippen LogP contribution in [0.5, 0.6) is 0 Å². The lowest BCUT2D eigenvalue weighted by atomic mass is 10.1. The molecule has 2 aliphatic rings. The van der Waals surface area contributed by atoms with Gasteiger partial charge in [0.05, 0.1) is 12.1 Å². The predicted molar refractivity (Wildman–Crippen MR) is 89.4 cm³/mol. The molecular weight excluding hydrogens is 302 g/mol. The third-order valence-corrected chi connectivity index (χ3v) is 5.01. The van der Waals surface area contributed by atoms with Crippen molar-refractivity contribution in [2.45, 2.75) is 57.5 Å². The molecule has 0 radical (unpaired) electrons. The van der Waals surface area contributed by atoms with E-state index in [0.717, 1.165) is 31.4 Å². The molecule has 2 fully saturated rings. The number of rotatable bonds is 5. The summed E-state index contributed by atoms with van der Waals surface area (Å²) in [7, 11) is 0. The quantitative estimate of drug-likeness (QED) is 0.917. The van der Waals surface area contributed by atoms with Gasteiger partial charge in [0.2, 0.25) is 0 Å². The van der Waals surface area contributed by atoms with E-state index < -0.39 is 0 Å². The summed E-state index contributed by atoms with van der Waals surface area (Å²) in [6, 6.07) is 4.02. The van der Waals surface area contributed by atoms with Gasteiger partial charge in [-0.3, -0.25) is 9.48 Å². The van der Waals surface area contributed by atoms with Crippen molar-refractivity contribution in [2.75, 3.05) is 0 Å². The number of amides is 1. The van der Waals surface area contributed by atoms with Crippen LogP contribution < -0.4 is 5.32 Å². The van der Waals surface area contributed by atoms with Crippen molar-refractivity contribution in [3.05, 3.63) is 41.7 Å². The van der Waals surface area contributed by atoms with E-state index in [-0.39, 0.29) is 11.9 Å². The molecule has 1 atom stereocenters. The molecule has 2 aromatic heterocycles. The lowest BCUT2D eigenvalue weighted by Gasteiger charge is -2.16. The fraction of sp³-hybridized carbons (Fsp3) is 0.556. The third-order valence-electron chi connectivity index (χ3n) is 5.01. The Morgan fingerprint density at radius 1 is 1.25 bits per heavy atom. The van der Waals surface area contributed by atoms with Crippen LogP contribution in [0, 0.1) is 12.8 Å². The highest BCUT2D eigenvalue weighted by atomic mass is 16.2. The van der Waals surface area contributed by atoms with Gasteiger partial charge in [-0.15, -0.1) is 0 Å². The van der Waals surface area contributed by atoms with Gasteiger partial charge in [-0.25, -0.2) is 9.97 Å². The van der Waals surface area contributed by atoms with E-state index in [1.165, 1.54) is 12.8 Å². The van der Waals surface area contributed by atoms with Crippen LogP contribution in [0.1, 0.15) is 72.6 Å². The number of nitrogens with zero attached hydrogens (tertiary/aromatic N) is 4. The number of nitrogens with one attached hydrogen (secondary N) is 1. The molecule has 1 N–H and O–H groups in total. The Bertz CT molecular complexity index is 731. The number of aromatic nitrogens is 4. The monoisotopic (exact) mass is 325 g/mol. The van der Waals surface area contributed by atoms with Gasteiger partial charge in [0.25, 0.3) is 5.91 Å². The highest BCUT2D eigenvalue weighted by Crippen LogP contribution is 2.40. The smallest absolute Gasteiger partial charge is 0.272 e. The summed E-state index contributed by atoms with van der Waals surface area (Å²) >= 11 is 0. The van der Waals surface area contributed by atoms with E-state index in [4.69, 9.17) is 0 Å². The van der Waals surface area contributed by atoms with Crippen LogP contribution in [-0.4, -0.2) is 25.7 Å². The molecule has 2 aromatic rings. The fourth-order valence-electron chi connectivity index (χ4n) is 3.49. The summed E-state index contributed by atoms with van der Waals surface area (Å²) < 4.78 is 1.96. The molecule has 0 bridgehead atoms. The summed E-state index contributed by atoms with van der Waals surface area (Å²) in [6.07, 6.45) is 10.7. The number of hydrogen-bond donors (Lipinski definition) is 1. The number of carbonyl (C=O) groups excluding carboxylic acids is 1. The molecule has 0 aliphatic heterocycles. The minimum atomic E-state index is -0.131. The van der Waals surface area contributed by atoms with Crippen LogP contribution in [-0.2, 0) is 0 Å². The maximum atomic E-state index is 12.6. The first-order valence-corrected chi connectivity index (χ1v) is 8.86. The molecule has 0 spiro atoms. The Morgan fingerprint density at radius 2 is 2.04 bits per heavy atom. The van der Waals surface area contributed by atoms with Crippen LogP contribution in [0.4, 0.5) is 0 Å². The Labute approximate surface area is 141 Å². The van der Waals surface area contributed by atoms with Gasteiger partial charge in [0.1, 0.15) is 5.69 Å². The van der Waals surface area contributed by atoms with Crippen LogP contribution in [0.25, 0.3) is 0 Å². The van der Waals surface area contributed by atoms with E-state index in [9.17, 15) is 4.79 Å². The predicted octanol–water partition coefficient (Wildman–Crippen LogP) is 2.98. The Hall–Kier alpha value is -2.24. The standard InChI is InChI=1S/C18H23N5O/c1-12-8-10-19-17(20-12)16(13-6-7-13)21-18(24)15-9-11-23(22-15)14-4-2-3-5-14/h8-11,13-14,16H,2-7H2,1H3,(H,21,24)/t16-/m1/s1. The number of aryl methyl sites for hydroxylation is 1. The first kappa shape index (κ1) is 15.3. The van der Waals surface area contributed by atoms with Gasteiger partial charge in [-0.1, -0.05) is 12.8 Å². The van der Waals surface area contributed by atoms with Gasteiger partial charge in [-0.2, -0.15) is 5.10 Å². The Kier molecular flexibility index (Phi) is 4.04. The highest BCUT2D eigenvalue weighted by molar-refractivity contribution is 5.92. The van der Waals surface area contributed by atoms with Crippen LogP contribution in [0.15, 0.2) is 24.5 Å². The molecule has 0 aromatic carbocycles. The number of hydrogen-bond acceptors (Lipinski definition) is 4. The summed E-state index contributed by atoms with van der Waals surface area (Å²) in [5.41, 5.74) is 1.41. The van der Waals surface area contributed by atoms with E-state index in [1.54, 1.807) is 6.20 Å². The molecule has 2 saturated carbocycles. The van der Waals surface area contributed by atoms with E-state index in [2.05, 4.69) is 20.4 Å². The van der Waals surface area contributed by atoms with E-state index >= 15 is 0 Å². The number of carbonyl (C=O) groups is 1. The lowest BCUT2D eigenvalue weighted by molar-refractivity contribution is 0.0923. The third kappa shape index (κ3) is 3.18. The van der Waals surface area contributed by atoms with Gasteiger partial charge < -0.3 is 5.32 Å². The summed E-state index contributed by atoms with van der Waals surface area (Å²) in [5.74, 6) is 1.02. The first-order chi connectivity index (χ1) is 11.7. The molecule has 4 rings (SSSR count). The first-order valence-electron chi connectivity index (χ1n) is 8.86. The molecule has 1 amide bonds. The van der Waals surface area contributed by atoms with Crippen molar-refractivity contribution < 1.29 is 4.79 Å². The minimum Gasteiger partial charge on any atom is -0.340 e. The molecule has 24 heavy (non-hydrogen) atoms. The van der Waals surface area contributed by atoms with Crippen molar-refractivity contribution in [1.82, 2.24) is 25.1 Å². The van der Waals surface area contributed by atoms with Crippen molar-refractivity contribution in [3.63, 3.8) is 0 Å². The maximum Gasteiger partial charge on any atom is 0.272 e. The molecule has 6 heteroatoms. The summed E-state index contributed by atoms with van der Waals surface area (Å²) in [6.45, 7) is 1.94. The zero-order valence-electron chi connectivity index (χ0n) is 14.0. The maximum absolute atomic E-state index is 12.6. The van der Waals surface area contributed by atoms with Crippen LogP contribution in [0.2, 0.25) is 0 Å². The normalized spacial score (nSPS) is 19.4. The highest BCUT2D eigenvalue weighted by Gasteiger charge is 2.36. The molecule has 2 aliphatic carbocycles. The van der Waals surface area contributed by atoms with Crippen LogP contribution >= 0.6 is 0 Å². The van der Waals surface area contributed by atoms with Crippen molar-refractivity contribution in [3.8, 4) is 0 Å². The van der Waals surface area contributed by atoms with Crippen molar-refractivity contribution in [2.24, 2.45) is 5.92 Å². The largest absolute Gasteiger partial charge is 0.340 e.